The van der Waals surface area contributed by atoms with Gasteiger partial charge in [-0.05, 0) is 50.2 Å². The molecule has 1 aliphatic heterocycles. The summed E-state index contributed by atoms with van der Waals surface area (Å²) in [6, 6.07) is 6.59. The molecule has 6 heteroatoms. The van der Waals surface area contributed by atoms with Crippen LogP contribution >= 0.6 is 0 Å². The van der Waals surface area contributed by atoms with Crippen molar-refractivity contribution >= 4 is 17.5 Å². The summed E-state index contributed by atoms with van der Waals surface area (Å²) in [5, 5.41) is 5.46. The van der Waals surface area contributed by atoms with Crippen molar-refractivity contribution in [1.29, 1.82) is 0 Å². The number of hydrogen-bond donors (Lipinski definition) is 3. The van der Waals surface area contributed by atoms with E-state index in [1.54, 1.807) is 24.3 Å². The zero-order chi connectivity index (χ0) is 15.2. The summed E-state index contributed by atoms with van der Waals surface area (Å²) < 4.78 is 0. The van der Waals surface area contributed by atoms with Gasteiger partial charge in [0.05, 0.1) is 6.54 Å². The van der Waals surface area contributed by atoms with Crippen LogP contribution in [0.25, 0.3) is 0 Å². The van der Waals surface area contributed by atoms with Gasteiger partial charge in [0, 0.05) is 24.3 Å². The maximum Gasteiger partial charge on any atom is 0.251 e. The lowest BCUT2D eigenvalue weighted by atomic mass is 10.1. The van der Waals surface area contributed by atoms with Gasteiger partial charge in [0.2, 0.25) is 5.91 Å². The predicted molar refractivity (Wildman–Crippen MR) is 81.8 cm³/mol. The van der Waals surface area contributed by atoms with Crippen molar-refractivity contribution in [1.82, 2.24) is 15.5 Å². The zero-order valence-electron chi connectivity index (χ0n) is 12.3. The molecule has 1 aliphatic rings. The summed E-state index contributed by atoms with van der Waals surface area (Å²) in [7, 11) is 2.08. The number of nitrogen functional groups attached to an aromatic ring is 1. The van der Waals surface area contributed by atoms with E-state index in [0.29, 0.717) is 23.7 Å². The van der Waals surface area contributed by atoms with Crippen molar-refractivity contribution < 1.29 is 9.59 Å². The molecule has 0 saturated carbocycles. The molecular weight excluding hydrogens is 268 g/mol. The second-order valence-corrected chi connectivity index (χ2v) is 5.53. The molecule has 0 radical (unpaired) electrons. The molecule has 114 valence electrons. The monoisotopic (exact) mass is 290 g/mol. The molecule has 1 atom stereocenters. The number of nitrogens with one attached hydrogen (secondary N) is 2. The number of hydrogen-bond acceptors (Lipinski definition) is 4. The van der Waals surface area contributed by atoms with Crippen LogP contribution in [0.4, 0.5) is 5.69 Å². The van der Waals surface area contributed by atoms with Crippen molar-refractivity contribution in [3.05, 3.63) is 29.8 Å². The minimum atomic E-state index is -0.272. The standard InChI is InChI=1S/C15H22N4O2/c1-19-7-6-11(10-19)8-17-14(20)9-18-15(21)12-2-4-13(16)5-3-12/h2-5,11H,6-10,16H2,1H3,(H,17,20)(H,18,21). The van der Waals surface area contributed by atoms with Gasteiger partial charge >= 0.3 is 0 Å². The Morgan fingerprint density at radius 3 is 2.62 bits per heavy atom. The Bertz CT molecular complexity index is 501. The number of benzene rings is 1. The Morgan fingerprint density at radius 1 is 1.29 bits per heavy atom. The molecule has 2 amide bonds. The highest BCUT2D eigenvalue weighted by Gasteiger charge is 2.19. The Balaban J connectivity index is 1.68. The van der Waals surface area contributed by atoms with Crippen molar-refractivity contribution in [2.24, 2.45) is 5.92 Å². The van der Waals surface area contributed by atoms with Crippen molar-refractivity contribution in [3.63, 3.8) is 0 Å². The third-order valence-electron chi connectivity index (χ3n) is 3.66. The van der Waals surface area contributed by atoms with Crippen molar-refractivity contribution in [2.45, 2.75) is 6.42 Å². The summed E-state index contributed by atoms with van der Waals surface area (Å²) in [4.78, 5) is 25.8. The summed E-state index contributed by atoms with van der Waals surface area (Å²) >= 11 is 0. The molecule has 1 saturated heterocycles. The van der Waals surface area contributed by atoms with Gasteiger partial charge < -0.3 is 21.3 Å². The highest BCUT2D eigenvalue weighted by molar-refractivity contribution is 5.96. The summed E-state index contributed by atoms with van der Waals surface area (Å²) in [6.07, 6.45) is 1.11. The Labute approximate surface area is 124 Å². The number of rotatable bonds is 5. The third-order valence-corrected chi connectivity index (χ3v) is 3.66. The lowest BCUT2D eigenvalue weighted by Gasteiger charge is -2.12. The average molecular weight is 290 g/mol. The molecule has 1 aromatic carbocycles. The minimum Gasteiger partial charge on any atom is -0.399 e. The highest BCUT2D eigenvalue weighted by atomic mass is 16.2. The largest absolute Gasteiger partial charge is 0.399 e. The number of carbonyl (C=O) groups excluding carboxylic acids is 2. The molecule has 1 heterocycles. The van der Waals surface area contributed by atoms with E-state index < -0.39 is 0 Å². The number of carbonyl (C=O) groups is 2. The van der Waals surface area contributed by atoms with Crippen molar-refractivity contribution in [3.8, 4) is 0 Å². The number of amides is 2. The van der Waals surface area contributed by atoms with E-state index in [2.05, 4.69) is 22.6 Å². The number of anilines is 1. The van der Waals surface area contributed by atoms with Crippen LogP contribution < -0.4 is 16.4 Å². The lowest BCUT2D eigenvalue weighted by Crippen LogP contribution is -2.39. The fraction of sp³-hybridized carbons (Fsp3) is 0.467. The van der Waals surface area contributed by atoms with E-state index in [1.165, 1.54) is 0 Å². The topological polar surface area (TPSA) is 87.5 Å². The van der Waals surface area contributed by atoms with E-state index in [0.717, 1.165) is 19.5 Å². The Morgan fingerprint density at radius 2 is 2.00 bits per heavy atom. The second kappa shape index (κ2) is 7.08. The van der Waals surface area contributed by atoms with E-state index in [-0.39, 0.29) is 18.4 Å². The molecule has 0 bridgehead atoms. The van der Waals surface area contributed by atoms with Crippen LogP contribution in [-0.2, 0) is 4.79 Å². The molecule has 2 rings (SSSR count). The second-order valence-electron chi connectivity index (χ2n) is 5.53. The molecule has 0 aromatic heterocycles. The van der Waals surface area contributed by atoms with Crippen LogP contribution in [0.3, 0.4) is 0 Å². The Kier molecular flexibility index (Phi) is 5.16. The lowest BCUT2D eigenvalue weighted by molar-refractivity contribution is -0.120. The first-order valence-electron chi connectivity index (χ1n) is 7.13. The van der Waals surface area contributed by atoms with E-state index >= 15 is 0 Å². The van der Waals surface area contributed by atoms with Crippen LogP contribution in [0.2, 0.25) is 0 Å². The fourth-order valence-corrected chi connectivity index (χ4v) is 2.41. The Hall–Kier alpha value is -2.08. The van der Waals surface area contributed by atoms with Crippen LogP contribution in [0.5, 0.6) is 0 Å². The van der Waals surface area contributed by atoms with Gasteiger partial charge in [-0.1, -0.05) is 0 Å². The first-order valence-corrected chi connectivity index (χ1v) is 7.13. The van der Waals surface area contributed by atoms with Gasteiger partial charge in [-0.2, -0.15) is 0 Å². The van der Waals surface area contributed by atoms with Crippen molar-refractivity contribution in [2.75, 3.05) is 39.0 Å². The maximum absolute atomic E-state index is 11.8. The van der Waals surface area contributed by atoms with Gasteiger partial charge in [0.25, 0.3) is 5.91 Å². The molecule has 1 unspecified atom stereocenters. The van der Waals surface area contributed by atoms with Crippen LogP contribution in [0, 0.1) is 5.92 Å². The van der Waals surface area contributed by atoms with E-state index in [9.17, 15) is 9.59 Å². The number of nitrogens with zero attached hydrogens (tertiary/aromatic N) is 1. The number of nitrogens with two attached hydrogens (primary N) is 1. The van der Waals surface area contributed by atoms with E-state index in [4.69, 9.17) is 5.73 Å². The van der Waals surface area contributed by atoms with Gasteiger partial charge in [-0.25, -0.2) is 0 Å². The smallest absolute Gasteiger partial charge is 0.251 e. The molecule has 6 nitrogen and oxygen atoms in total. The van der Waals surface area contributed by atoms with Gasteiger partial charge in [0.1, 0.15) is 0 Å². The summed E-state index contributed by atoms with van der Waals surface area (Å²) in [5.41, 5.74) is 6.66. The number of likely N-dealkylation sites (tertiary alicyclic amines) is 1. The van der Waals surface area contributed by atoms with Crippen LogP contribution in [0.15, 0.2) is 24.3 Å². The molecule has 4 N–H and O–H groups in total. The van der Waals surface area contributed by atoms with Crippen LogP contribution in [0.1, 0.15) is 16.8 Å². The summed E-state index contributed by atoms with van der Waals surface area (Å²) in [5.74, 6) is 0.0749. The zero-order valence-corrected chi connectivity index (χ0v) is 12.3. The minimum absolute atomic E-state index is 0.00817. The highest BCUT2D eigenvalue weighted by Crippen LogP contribution is 2.12. The predicted octanol–water partition coefficient (Wildman–Crippen LogP) is 0.0665. The molecule has 1 aromatic rings. The quantitative estimate of drug-likeness (QED) is 0.670. The van der Waals surface area contributed by atoms with Gasteiger partial charge in [-0.3, -0.25) is 9.59 Å². The normalized spacial score (nSPS) is 18.4. The first kappa shape index (κ1) is 15.3. The summed E-state index contributed by atoms with van der Waals surface area (Å²) in [6.45, 7) is 2.75. The fourth-order valence-electron chi connectivity index (χ4n) is 2.41. The van der Waals surface area contributed by atoms with Gasteiger partial charge in [-0.15, -0.1) is 0 Å². The van der Waals surface area contributed by atoms with Crippen LogP contribution in [-0.4, -0.2) is 49.9 Å². The molecule has 1 fully saturated rings. The SMILES string of the molecule is CN1CCC(CNC(=O)CNC(=O)c2ccc(N)cc2)C1. The van der Waals surface area contributed by atoms with Gasteiger partial charge in [0.15, 0.2) is 0 Å². The molecule has 0 aliphatic carbocycles. The molecular formula is C15H22N4O2. The molecule has 0 spiro atoms. The first-order chi connectivity index (χ1) is 10.0. The third kappa shape index (κ3) is 4.75. The van der Waals surface area contributed by atoms with E-state index in [1.807, 2.05) is 0 Å². The molecule has 21 heavy (non-hydrogen) atoms. The maximum atomic E-state index is 11.8. The average Bonchev–Trinajstić information content (AvgIpc) is 2.89.